The van der Waals surface area contributed by atoms with Crippen molar-refractivity contribution in [1.29, 1.82) is 0 Å². The Labute approximate surface area is 95.0 Å². The third-order valence-electron chi connectivity index (χ3n) is 2.89. The van der Waals surface area contributed by atoms with Gasteiger partial charge in [-0.25, -0.2) is 4.39 Å². The Hall–Kier alpha value is -1.35. The van der Waals surface area contributed by atoms with Crippen molar-refractivity contribution in [2.45, 2.75) is 20.0 Å². The first-order chi connectivity index (χ1) is 7.72. The molecule has 16 heavy (non-hydrogen) atoms. The number of rotatable bonds is 2. The van der Waals surface area contributed by atoms with Gasteiger partial charge >= 0.3 is 0 Å². The molecule has 2 rings (SSSR count). The molecule has 1 N–H and O–H groups in total. The normalized spacial score (nSPS) is 16.2. The summed E-state index contributed by atoms with van der Waals surface area (Å²) in [6.07, 6.45) is 3.11. The second-order valence-electron chi connectivity index (χ2n) is 4.17. The van der Waals surface area contributed by atoms with Crippen molar-refractivity contribution in [3.63, 3.8) is 0 Å². The van der Waals surface area contributed by atoms with E-state index < -0.39 is 0 Å². The lowest BCUT2D eigenvalue weighted by Gasteiger charge is -2.30. The molecule has 86 valence electrons. The summed E-state index contributed by atoms with van der Waals surface area (Å²) < 4.78 is 13.8. The van der Waals surface area contributed by atoms with E-state index in [1.54, 1.807) is 12.1 Å². The quantitative estimate of drug-likeness (QED) is 0.775. The van der Waals surface area contributed by atoms with Gasteiger partial charge in [0.1, 0.15) is 5.82 Å². The second-order valence-corrected chi connectivity index (χ2v) is 4.17. The van der Waals surface area contributed by atoms with E-state index in [9.17, 15) is 9.50 Å². The highest BCUT2D eigenvalue weighted by Gasteiger charge is 2.17. The minimum absolute atomic E-state index is 0.119. The van der Waals surface area contributed by atoms with Crippen molar-refractivity contribution in [3.05, 3.63) is 41.2 Å². The Morgan fingerprint density at radius 1 is 1.44 bits per heavy atom. The minimum Gasteiger partial charge on any atom is -0.392 e. The molecule has 0 bridgehead atoms. The van der Waals surface area contributed by atoms with Crippen LogP contribution in [0.15, 0.2) is 29.8 Å². The highest BCUT2D eigenvalue weighted by atomic mass is 19.1. The van der Waals surface area contributed by atoms with Gasteiger partial charge in [-0.3, -0.25) is 0 Å². The van der Waals surface area contributed by atoms with Crippen LogP contribution >= 0.6 is 0 Å². The largest absolute Gasteiger partial charge is 0.392 e. The Morgan fingerprint density at radius 3 is 2.94 bits per heavy atom. The molecule has 3 heteroatoms. The van der Waals surface area contributed by atoms with Crippen LogP contribution in [0.1, 0.15) is 18.9 Å². The van der Waals surface area contributed by atoms with Gasteiger partial charge < -0.3 is 10.0 Å². The molecule has 1 aliphatic heterocycles. The summed E-state index contributed by atoms with van der Waals surface area (Å²) in [5.74, 6) is -0.249. The third-order valence-corrected chi connectivity index (χ3v) is 2.89. The average Bonchev–Trinajstić information content (AvgIpc) is 2.28. The summed E-state index contributed by atoms with van der Waals surface area (Å²) in [6.45, 7) is 3.48. The number of anilines is 1. The molecule has 1 aliphatic rings. The molecule has 0 saturated carbocycles. The van der Waals surface area contributed by atoms with Crippen molar-refractivity contribution in [2.24, 2.45) is 0 Å². The van der Waals surface area contributed by atoms with E-state index in [0.717, 1.165) is 19.5 Å². The van der Waals surface area contributed by atoms with Gasteiger partial charge in [0.15, 0.2) is 0 Å². The van der Waals surface area contributed by atoms with Crippen LogP contribution in [0.4, 0.5) is 10.1 Å². The number of hydrogen-bond donors (Lipinski definition) is 1. The number of nitrogens with zero attached hydrogens (tertiary/aromatic N) is 1. The van der Waals surface area contributed by atoms with Crippen LogP contribution < -0.4 is 4.90 Å². The first kappa shape index (κ1) is 11.1. The summed E-state index contributed by atoms with van der Waals surface area (Å²) >= 11 is 0. The van der Waals surface area contributed by atoms with Gasteiger partial charge in [-0.1, -0.05) is 23.8 Å². The predicted molar refractivity (Wildman–Crippen MR) is 62.9 cm³/mol. The molecule has 0 aliphatic carbocycles. The number of para-hydroxylation sites is 1. The van der Waals surface area contributed by atoms with Crippen molar-refractivity contribution in [3.8, 4) is 0 Å². The van der Waals surface area contributed by atoms with Crippen LogP contribution in [0.5, 0.6) is 0 Å². The third kappa shape index (κ3) is 2.09. The molecular formula is C13H16FNO. The molecule has 1 aromatic carbocycles. The summed E-state index contributed by atoms with van der Waals surface area (Å²) in [6, 6.07) is 4.85. The van der Waals surface area contributed by atoms with Crippen LogP contribution in [0, 0.1) is 5.82 Å². The number of hydrogen-bond acceptors (Lipinski definition) is 2. The van der Waals surface area contributed by atoms with E-state index in [1.807, 2.05) is 11.8 Å². The van der Waals surface area contributed by atoms with Crippen molar-refractivity contribution in [1.82, 2.24) is 0 Å². The summed E-state index contributed by atoms with van der Waals surface area (Å²) in [7, 11) is 0. The zero-order chi connectivity index (χ0) is 11.5. The van der Waals surface area contributed by atoms with Crippen LogP contribution in [-0.2, 0) is 6.61 Å². The highest BCUT2D eigenvalue weighted by Crippen LogP contribution is 2.27. The van der Waals surface area contributed by atoms with Crippen molar-refractivity contribution in [2.75, 3.05) is 18.0 Å². The van der Waals surface area contributed by atoms with Gasteiger partial charge in [0, 0.05) is 18.7 Å². The molecular weight excluding hydrogens is 205 g/mol. The molecule has 1 aromatic rings. The smallest absolute Gasteiger partial charge is 0.146 e. The second kappa shape index (κ2) is 4.66. The maximum atomic E-state index is 13.8. The molecule has 0 saturated heterocycles. The lowest BCUT2D eigenvalue weighted by molar-refractivity contribution is 0.281. The van der Waals surface area contributed by atoms with E-state index in [4.69, 9.17) is 0 Å². The number of aliphatic hydroxyl groups excluding tert-OH is 1. The standard InChI is InChI=1S/C13H16FNO/c1-10-4-3-7-15(8-10)13-11(9-16)5-2-6-12(13)14/h2,4-6,16H,3,7-9H2,1H3. The molecule has 0 aromatic heterocycles. The molecule has 2 nitrogen and oxygen atoms in total. The number of aliphatic hydroxyl groups is 1. The number of halogens is 1. The van der Waals surface area contributed by atoms with Gasteiger partial charge in [0.2, 0.25) is 0 Å². The maximum absolute atomic E-state index is 13.8. The zero-order valence-electron chi connectivity index (χ0n) is 9.41. The highest BCUT2D eigenvalue weighted by molar-refractivity contribution is 5.56. The Balaban J connectivity index is 2.36. The maximum Gasteiger partial charge on any atom is 0.146 e. The average molecular weight is 221 g/mol. The number of benzene rings is 1. The predicted octanol–water partition coefficient (Wildman–Crippen LogP) is 2.47. The van der Waals surface area contributed by atoms with Crippen molar-refractivity contribution < 1.29 is 9.50 Å². The summed E-state index contributed by atoms with van der Waals surface area (Å²) in [5.41, 5.74) is 2.46. The van der Waals surface area contributed by atoms with E-state index in [0.29, 0.717) is 11.3 Å². The van der Waals surface area contributed by atoms with Crippen LogP contribution in [-0.4, -0.2) is 18.2 Å². The summed E-state index contributed by atoms with van der Waals surface area (Å²) in [5, 5.41) is 9.23. The molecule has 0 fully saturated rings. The fourth-order valence-corrected chi connectivity index (χ4v) is 2.14. The van der Waals surface area contributed by atoms with E-state index in [-0.39, 0.29) is 12.4 Å². The Bertz CT molecular complexity index is 414. The van der Waals surface area contributed by atoms with Gasteiger partial charge in [-0.15, -0.1) is 0 Å². The Morgan fingerprint density at radius 2 is 2.25 bits per heavy atom. The summed E-state index contributed by atoms with van der Waals surface area (Å²) in [4.78, 5) is 2.00. The van der Waals surface area contributed by atoms with Gasteiger partial charge in [0.05, 0.1) is 12.3 Å². The SMILES string of the molecule is CC1=CCCN(c2c(F)cccc2CO)C1. The van der Waals surface area contributed by atoms with Crippen LogP contribution in [0.2, 0.25) is 0 Å². The molecule has 0 unspecified atom stereocenters. The lowest BCUT2D eigenvalue weighted by atomic mass is 10.1. The van der Waals surface area contributed by atoms with Crippen molar-refractivity contribution >= 4 is 5.69 Å². The Kier molecular flexibility index (Phi) is 3.25. The monoisotopic (exact) mass is 221 g/mol. The van der Waals surface area contributed by atoms with Gasteiger partial charge in [0.25, 0.3) is 0 Å². The lowest BCUT2D eigenvalue weighted by Crippen LogP contribution is -2.30. The minimum atomic E-state index is -0.249. The van der Waals surface area contributed by atoms with Crippen LogP contribution in [0.3, 0.4) is 0 Å². The van der Waals surface area contributed by atoms with E-state index >= 15 is 0 Å². The fourth-order valence-electron chi connectivity index (χ4n) is 2.14. The van der Waals surface area contributed by atoms with E-state index in [1.165, 1.54) is 11.6 Å². The molecule has 0 atom stereocenters. The first-order valence-corrected chi connectivity index (χ1v) is 5.51. The van der Waals surface area contributed by atoms with Gasteiger partial charge in [-0.2, -0.15) is 0 Å². The fraction of sp³-hybridized carbons (Fsp3) is 0.385. The first-order valence-electron chi connectivity index (χ1n) is 5.51. The van der Waals surface area contributed by atoms with E-state index in [2.05, 4.69) is 6.08 Å². The molecule has 1 heterocycles. The zero-order valence-corrected chi connectivity index (χ0v) is 9.41. The molecule has 0 amide bonds. The molecule has 0 spiro atoms. The van der Waals surface area contributed by atoms with Crippen LogP contribution in [0.25, 0.3) is 0 Å². The van der Waals surface area contributed by atoms with Gasteiger partial charge in [-0.05, 0) is 19.4 Å². The topological polar surface area (TPSA) is 23.5 Å². The molecule has 0 radical (unpaired) electrons.